The maximum absolute atomic E-state index is 8.89. The van der Waals surface area contributed by atoms with Crippen molar-refractivity contribution in [3.8, 4) is 6.07 Å². The number of nitrogens with one attached hydrogen (secondary N) is 1. The summed E-state index contributed by atoms with van der Waals surface area (Å²) in [7, 11) is 0. The van der Waals surface area contributed by atoms with Gasteiger partial charge in [0.2, 0.25) is 0 Å². The number of aryl methyl sites for hydroxylation is 1. The van der Waals surface area contributed by atoms with Crippen LogP contribution in [0.1, 0.15) is 16.8 Å². The zero-order valence-corrected chi connectivity index (χ0v) is 10.4. The van der Waals surface area contributed by atoms with Gasteiger partial charge in [-0.1, -0.05) is 12.1 Å². The van der Waals surface area contributed by atoms with Gasteiger partial charge in [-0.15, -0.1) is 0 Å². The summed E-state index contributed by atoms with van der Waals surface area (Å²) in [5.41, 5.74) is 9.62. The predicted molar refractivity (Wildman–Crippen MR) is 72.6 cm³/mol. The topological polar surface area (TPSA) is 74.7 Å². The van der Waals surface area contributed by atoms with E-state index in [1.54, 1.807) is 12.1 Å². The van der Waals surface area contributed by atoms with Crippen LogP contribution < -0.4 is 11.1 Å². The second-order valence-corrected chi connectivity index (χ2v) is 4.12. The van der Waals surface area contributed by atoms with E-state index in [1.165, 1.54) is 5.56 Å². The van der Waals surface area contributed by atoms with Crippen molar-refractivity contribution in [3.05, 3.63) is 47.2 Å². The summed E-state index contributed by atoms with van der Waals surface area (Å²) in [6.45, 7) is 4.10. The zero-order chi connectivity index (χ0) is 13.1. The highest BCUT2D eigenvalue weighted by Crippen LogP contribution is 2.22. The maximum Gasteiger partial charge on any atom is 0.165 e. The van der Waals surface area contributed by atoms with E-state index in [9.17, 15) is 0 Å². The van der Waals surface area contributed by atoms with Crippen molar-refractivity contribution in [2.24, 2.45) is 0 Å². The highest BCUT2D eigenvalue weighted by molar-refractivity contribution is 5.64. The maximum atomic E-state index is 8.89. The number of benzene rings is 1. The van der Waals surface area contributed by atoms with Crippen LogP contribution in [-0.4, -0.2) is 4.98 Å². The molecule has 18 heavy (non-hydrogen) atoms. The number of nitriles is 1. The molecule has 2 rings (SSSR count). The summed E-state index contributed by atoms with van der Waals surface area (Å²) >= 11 is 0. The molecule has 0 atom stereocenters. The third kappa shape index (κ3) is 2.25. The number of hydrogen-bond donors (Lipinski definition) is 2. The van der Waals surface area contributed by atoms with Gasteiger partial charge in [0.25, 0.3) is 0 Å². The molecule has 2 aromatic rings. The van der Waals surface area contributed by atoms with Gasteiger partial charge in [-0.25, -0.2) is 4.98 Å². The average molecular weight is 238 g/mol. The Morgan fingerprint density at radius 1 is 1.22 bits per heavy atom. The number of nitrogen functional groups attached to an aromatic ring is 1. The van der Waals surface area contributed by atoms with Gasteiger partial charge >= 0.3 is 0 Å². The molecule has 0 unspecified atom stereocenters. The number of nitrogens with two attached hydrogens (primary N) is 1. The minimum absolute atomic E-state index is 0.241. The molecule has 3 N–H and O–H groups in total. The summed E-state index contributed by atoms with van der Waals surface area (Å²) < 4.78 is 0. The first kappa shape index (κ1) is 11.9. The molecule has 0 bridgehead atoms. The fourth-order valence-electron chi connectivity index (χ4n) is 1.65. The molecular weight excluding hydrogens is 224 g/mol. The molecule has 0 saturated carbocycles. The molecule has 4 nitrogen and oxygen atoms in total. The Morgan fingerprint density at radius 2 is 2.00 bits per heavy atom. The Hall–Kier alpha value is -2.54. The van der Waals surface area contributed by atoms with Gasteiger partial charge < -0.3 is 11.1 Å². The van der Waals surface area contributed by atoms with E-state index >= 15 is 0 Å². The van der Waals surface area contributed by atoms with Gasteiger partial charge in [0, 0.05) is 5.69 Å². The van der Waals surface area contributed by atoms with Crippen LogP contribution >= 0.6 is 0 Å². The van der Waals surface area contributed by atoms with Crippen molar-refractivity contribution in [2.75, 3.05) is 11.1 Å². The molecule has 0 amide bonds. The van der Waals surface area contributed by atoms with E-state index in [1.807, 2.05) is 25.1 Å². The van der Waals surface area contributed by atoms with E-state index in [2.05, 4.69) is 23.3 Å². The van der Waals surface area contributed by atoms with Gasteiger partial charge in [-0.3, -0.25) is 0 Å². The van der Waals surface area contributed by atoms with Crippen LogP contribution in [0.25, 0.3) is 0 Å². The largest absolute Gasteiger partial charge is 0.396 e. The summed E-state index contributed by atoms with van der Waals surface area (Å²) in [4.78, 5) is 4.16. The first-order chi connectivity index (χ1) is 8.61. The fraction of sp³-hybridized carbons (Fsp3) is 0.143. The Kier molecular flexibility index (Phi) is 3.16. The lowest BCUT2D eigenvalue weighted by Gasteiger charge is -2.11. The van der Waals surface area contributed by atoms with E-state index < -0.39 is 0 Å². The summed E-state index contributed by atoms with van der Waals surface area (Å²) in [5.74, 6) is 0.620. The van der Waals surface area contributed by atoms with Crippen LogP contribution in [0, 0.1) is 25.2 Å². The molecule has 0 saturated heterocycles. The first-order valence-electron chi connectivity index (χ1n) is 5.61. The highest BCUT2D eigenvalue weighted by Gasteiger charge is 2.04. The van der Waals surface area contributed by atoms with Crippen molar-refractivity contribution < 1.29 is 0 Å². The number of pyridine rings is 1. The van der Waals surface area contributed by atoms with E-state index in [0.29, 0.717) is 11.5 Å². The Balaban J connectivity index is 2.35. The predicted octanol–water partition coefficient (Wildman–Crippen LogP) is 2.90. The third-order valence-electron chi connectivity index (χ3n) is 2.90. The van der Waals surface area contributed by atoms with E-state index in [4.69, 9.17) is 11.0 Å². The SMILES string of the molecule is Cc1cccc(Nc2ccc(N)c(C#N)n2)c1C. The Morgan fingerprint density at radius 3 is 2.72 bits per heavy atom. The second-order valence-electron chi connectivity index (χ2n) is 4.12. The number of anilines is 3. The lowest BCUT2D eigenvalue weighted by Crippen LogP contribution is -2.00. The van der Waals surface area contributed by atoms with Crippen LogP contribution in [0.15, 0.2) is 30.3 Å². The minimum Gasteiger partial charge on any atom is -0.396 e. The van der Waals surface area contributed by atoms with Crippen LogP contribution in [0.4, 0.5) is 17.2 Å². The van der Waals surface area contributed by atoms with Gasteiger partial charge in [-0.05, 0) is 43.2 Å². The minimum atomic E-state index is 0.241. The normalized spacial score (nSPS) is 9.83. The summed E-state index contributed by atoms with van der Waals surface area (Å²) in [6.07, 6.45) is 0. The third-order valence-corrected chi connectivity index (χ3v) is 2.90. The molecular formula is C14H14N4. The highest BCUT2D eigenvalue weighted by atomic mass is 15.0. The van der Waals surface area contributed by atoms with Gasteiger partial charge in [0.15, 0.2) is 5.69 Å². The Bertz CT molecular complexity index is 626. The van der Waals surface area contributed by atoms with Gasteiger partial charge in [-0.2, -0.15) is 5.26 Å². The molecule has 0 aliphatic carbocycles. The number of nitrogens with zero attached hydrogens (tertiary/aromatic N) is 2. The number of aromatic nitrogens is 1. The van der Waals surface area contributed by atoms with Crippen LogP contribution in [0.3, 0.4) is 0 Å². The molecule has 0 radical (unpaired) electrons. The second kappa shape index (κ2) is 4.76. The Labute approximate surface area is 106 Å². The molecule has 1 aromatic carbocycles. The van der Waals surface area contributed by atoms with Crippen molar-refractivity contribution in [2.45, 2.75) is 13.8 Å². The quantitative estimate of drug-likeness (QED) is 0.843. The monoisotopic (exact) mass is 238 g/mol. The van der Waals surface area contributed by atoms with Crippen LogP contribution in [0.5, 0.6) is 0 Å². The fourth-order valence-corrected chi connectivity index (χ4v) is 1.65. The summed E-state index contributed by atoms with van der Waals surface area (Å²) in [5, 5.41) is 12.1. The lowest BCUT2D eigenvalue weighted by molar-refractivity contribution is 1.24. The van der Waals surface area contributed by atoms with Crippen LogP contribution in [0.2, 0.25) is 0 Å². The van der Waals surface area contributed by atoms with Crippen molar-refractivity contribution in [1.82, 2.24) is 4.98 Å². The van der Waals surface area contributed by atoms with Gasteiger partial charge in [0.05, 0.1) is 5.69 Å². The molecule has 1 heterocycles. The molecule has 4 heteroatoms. The van der Waals surface area contributed by atoms with Crippen molar-refractivity contribution >= 4 is 17.2 Å². The number of rotatable bonds is 2. The molecule has 0 aliphatic rings. The van der Waals surface area contributed by atoms with Crippen molar-refractivity contribution in [1.29, 1.82) is 5.26 Å². The smallest absolute Gasteiger partial charge is 0.165 e. The average Bonchev–Trinajstić information content (AvgIpc) is 2.37. The molecule has 0 fully saturated rings. The van der Waals surface area contributed by atoms with Crippen LogP contribution in [-0.2, 0) is 0 Å². The standard InChI is InChI=1S/C14H14N4/c1-9-4-3-5-12(10(9)2)17-14-7-6-11(16)13(8-15)18-14/h3-7H,16H2,1-2H3,(H,17,18). The first-order valence-corrected chi connectivity index (χ1v) is 5.61. The summed E-state index contributed by atoms with van der Waals surface area (Å²) in [6, 6.07) is 11.4. The van der Waals surface area contributed by atoms with Gasteiger partial charge in [0.1, 0.15) is 11.9 Å². The number of hydrogen-bond acceptors (Lipinski definition) is 4. The molecule has 0 aliphatic heterocycles. The molecule has 90 valence electrons. The zero-order valence-electron chi connectivity index (χ0n) is 10.4. The van der Waals surface area contributed by atoms with E-state index in [-0.39, 0.29) is 5.69 Å². The van der Waals surface area contributed by atoms with Crippen molar-refractivity contribution in [3.63, 3.8) is 0 Å². The molecule has 0 spiro atoms. The van der Waals surface area contributed by atoms with E-state index in [0.717, 1.165) is 11.3 Å². The molecule has 1 aromatic heterocycles. The lowest BCUT2D eigenvalue weighted by atomic mass is 10.1.